The topological polar surface area (TPSA) is 55.7 Å². The van der Waals surface area contributed by atoms with Gasteiger partial charge in [-0.15, -0.1) is 0 Å². The Bertz CT molecular complexity index is 671. The van der Waals surface area contributed by atoms with Gasteiger partial charge in [-0.1, -0.05) is 25.5 Å². The number of aromatic nitrogens is 4. The maximum Gasteiger partial charge on any atom is 0.168 e. The van der Waals surface area contributed by atoms with Crippen LogP contribution < -0.4 is 4.74 Å². The molecule has 0 atom stereocenters. The van der Waals surface area contributed by atoms with Gasteiger partial charge in [0.05, 0.1) is 12.7 Å². The van der Waals surface area contributed by atoms with Crippen LogP contribution in [0.25, 0.3) is 0 Å². The molecule has 0 amide bonds. The van der Waals surface area contributed by atoms with Crippen LogP contribution in [0.1, 0.15) is 24.6 Å². The lowest BCUT2D eigenvalue weighted by atomic mass is 10.2. The number of hydrogen-bond acceptors (Lipinski definition) is 3. The highest BCUT2D eigenvalue weighted by Crippen LogP contribution is 2.24. The third-order valence-electron chi connectivity index (χ3n) is 3.22. The van der Waals surface area contributed by atoms with Crippen molar-refractivity contribution in [1.29, 1.82) is 0 Å². The van der Waals surface area contributed by atoms with Crippen LogP contribution in [0.3, 0.4) is 0 Å². The largest absolute Gasteiger partial charge is 0.454 e. The molecule has 5 nitrogen and oxygen atoms in total. The Balaban J connectivity index is 1.68. The van der Waals surface area contributed by atoms with E-state index in [1.807, 2.05) is 29.1 Å². The van der Waals surface area contributed by atoms with E-state index in [4.69, 9.17) is 4.74 Å². The predicted octanol–water partition coefficient (Wildman–Crippen LogP) is 3.40. The average Bonchev–Trinajstić information content (AvgIpc) is 3.14. The lowest BCUT2D eigenvalue weighted by Crippen LogP contribution is -1.99. The van der Waals surface area contributed by atoms with Gasteiger partial charge in [0.2, 0.25) is 0 Å². The highest BCUT2D eigenvalue weighted by molar-refractivity contribution is 5.34. The molecule has 3 rings (SSSR count). The maximum atomic E-state index is 5.88. The van der Waals surface area contributed by atoms with E-state index in [9.17, 15) is 0 Å². The molecule has 0 saturated carbocycles. The summed E-state index contributed by atoms with van der Waals surface area (Å²) in [7, 11) is 0. The Kier molecular flexibility index (Phi) is 4.00. The highest BCUT2D eigenvalue weighted by atomic mass is 16.5. The number of ether oxygens (including phenoxy) is 1. The first-order valence-electron chi connectivity index (χ1n) is 7.12. The van der Waals surface area contributed by atoms with E-state index in [1.165, 1.54) is 5.56 Å². The minimum Gasteiger partial charge on any atom is -0.454 e. The molecule has 0 unspecified atom stereocenters. The number of aromatic amines is 1. The quantitative estimate of drug-likeness (QED) is 0.754. The molecule has 3 aromatic rings. The summed E-state index contributed by atoms with van der Waals surface area (Å²) in [5, 5.41) is 11.3. The molecule has 21 heavy (non-hydrogen) atoms. The van der Waals surface area contributed by atoms with E-state index < -0.39 is 0 Å². The lowest BCUT2D eigenvalue weighted by molar-refractivity contribution is 0.475. The van der Waals surface area contributed by atoms with Crippen molar-refractivity contribution < 1.29 is 4.74 Å². The van der Waals surface area contributed by atoms with E-state index in [2.05, 4.69) is 34.4 Å². The van der Waals surface area contributed by atoms with E-state index >= 15 is 0 Å². The summed E-state index contributed by atoms with van der Waals surface area (Å²) in [5.41, 5.74) is 2.16. The first-order valence-corrected chi connectivity index (χ1v) is 7.12. The number of nitrogens with zero attached hydrogens (tertiary/aromatic N) is 3. The van der Waals surface area contributed by atoms with Crippen molar-refractivity contribution in [2.75, 3.05) is 0 Å². The van der Waals surface area contributed by atoms with Gasteiger partial charge in [-0.25, -0.2) is 0 Å². The Hall–Kier alpha value is -2.56. The van der Waals surface area contributed by atoms with Crippen LogP contribution in [0, 0.1) is 0 Å². The van der Waals surface area contributed by atoms with Gasteiger partial charge in [0.25, 0.3) is 0 Å². The second-order valence-electron chi connectivity index (χ2n) is 4.90. The lowest BCUT2D eigenvalue weighted by Gasteiger charge is -2.07. The SMILES string of the molecule is CCCc1n[nH]cc1Oc1ccc(Cn2cccn2)cc1. The number of rotatable bonds is 6. The van der Waals surface area contributed by atoms with Gasteiger partial charge in [0, 0.05) is 12.4 Å². The van der Waals surface area contributed by atoms with Crippen molar-refractivity contribution in [2.45, 2.75) is 26.3 Å². The average molecular weight is 282 g/mol. The Morgan fingerprint density at radius 2 is 2.10 bits per heavy atom. The number of hydrogen-bond donors (Lipinski definition) is 1. The van der Waals surface area contributed by atoms with Crippen LogP contribution in [-0.2, 0) is 13.0 Å². The van der Waals surface area contributed by atoms with Crippen LogP contribution in [0.4, 0.5) is 0 Å². The Morgan fingerprint density at radius 1 is 1.24 bits per heavy atom. The second kappa shape index (κ2) is 6.26. The van der Waals surface area contributed by atoms with E-state index in [0.717, 1.165) is 36.6 Å². The van der Waals surface area contributed by atoms with Crippen molar-refractivity contribution in [1.82, 2.24) is 20.0 Å². The summed E-state index contributed by atoms with van der Waals surface area (Å²) in [6.07, 6.45) is 7.49. The zero-order chi connectivity index (χ0) is 14.5. The third kappa shape index (κ3) is 3.31. The van der Waals surface area contributed by atoms with Gasteiger partial charge >= 0.3 is 0 Å². The number of nitrogens with one attached hydrogen (secondary N) is 1. The van der Waals surface area contributed by atoms with Crippen molar-refractivity contribution >= 4 is 0 Å². The molecule has 0 aliphatic carbocycles. The van der Waals surface area contributed by atoms with Gasteiger partial charge in [-0.2, -0.15) is 10.2 Å². The first kappa shape index (κ1) is 13.4. The highest BCUT2D eigenvalue weighted by Gasteiger charge is 2.07. The van der Waals surface area contributed by atoms with Crippen LogP contribution in [0.5, 0.6) is 11.5 Å². The van der Waals surface area contributed by atoms with Crippen molar-refractivity contribution in [3.8, 4) is 11.5 Å². The van der Waals surface area contributed by atoms with Gasteiger partial charge in [0.1, 0.15) is 11.4 Å². The molecule has 2 heterocycles. The van der Waals surface area contributed by atoms with Crippen LogP contribution >= 0.6 is 0 Å². The molecule has 1 N–H and O–H groups in total. The predicted molar refractivity (Wildman–Crippen MR) is 80.4 cm³/mol. The molecule has 2 aromatic heterocycles. The van der Waals surface area contributed by atoms with Crippen LogP contribution in [-0.4, -0.2) is 20.0 Å². The van der Waals surface area contributed by atoms with Crippen LogP contribution in [0.2, 0.25) is 0 Å². The standard InChI is InChI=1S/C16H18N4O/c1-2-4-15-16(11-17-19-15)21-14-7-5-13(6-8-14)12-20-10-3-9-18-20/h3,5-11H,2,4,12H2,1H3,(H,17,19). The molecule has 5 heteroatoms. The molecule has 0 saturated heterocycles. The Labute approximate surface area is 123 Å². The smallest absolute Gasteiger partial charge is 0.168 e. The molecule has 0 radical (unpaired) electrons. The summed E-state index contributed by atoms with van der Waals surface area (Å²) in [6, 6.07) is 9.97. The van der Waals surface area contributed by atoms with Crippen molar-refractivity contribution in [3.05, 3.63) is 60.2 Å². The third-order valence-corrected chi connectivity index (χ3v) is 3.22. The molecular formula is C16H18N4O. The van der Waals surface area contributed by atoms with Crippen molar-refractivity contribution in [2.24, 2.45) is 0 Å². The normalized spacial score (nSPS) is 10.7. The minimum atomic E-state index is 0.764. The van der Waals surface area contributed by atoms with Gasteiger partial charge in [-0.05, 0) is 30.2 Å². The summed E-state index contributed by atoms with van der Waals surface area (Å²) in [6.45, 7) is 2.89. The zero-order valence-electron chi connectivity index (χ0n) is 12.0. The first-order chi connectivity index (χ1) is 10.3. The fourth-order valence-electron chi connectivity index (χ4n) is 2.18. The number of H-pyrrole nitrogens is 1. The van der Waals surface area contributed by atoms with Gasteiger partial charge in [0.15, 0.2) is 5.75 Å². The monoisotopic (exact) mass is 282 g/mol. The molecule has 1 aromatic carbocycles. The van der Waals surface area contributed by atoms with E-state index in [-0.39, 0.29) is 0 Å². The Morgan fingerprint density at radius 3 is 2.81 bits per heavy atom. The molecule has 108 valence electrons. The number of benzene rings is 1. The van der Waals surface area contributed by atoms with E-state index in [1.54, 1.807) is 12.4 Å². The molecule has 0 aliphatic heterocycles. The fraction of sp³-hybridized carbons (Fsp3) is 0.250. The summed E-state index contributed by atoms with van der Waals surface area (Å²) in [4.78, 5) is 0. The molecule has 0 spiro atoms. The zero-order valence-corrected chi connectivity index (χ0v) is 12.0. The molecule has 0 bridgehead atoms. The van der Waals surface area contributed by atoms with Crippen LogP contribution in [0.15, 0.2) is 48.9 Å². The maximum absolute atomic E-state index is 5.88. The van der Waals surface area contributed by atoms with Gasteiger partial charge < -0.3 is 4.74 Å². The van der Waals surface area contributed by atoms with Gasteiger partial charge in [-0.3, -0.25) is 9.78 Å². The second-order valence-corrected chi connectivity index (χ2v) is 4.90. The molecular weight excluding hydrogens is 264 g/mol. The molecule has 0 aliphatic rings. The summed E-state index contributed by atoms with van der Waals surface area (Å²) in [5.74, 6) is 1.62. The molecule has 0 fully saturated rings. The fourth-order valence-corrected chi connectivity index (χ4v) is 2.18. The van der Waals surface area contributed by atoms with Crippen molar-refractivity contribution in [3.63, 3.8) is 0 Å². The summed E-state index contributed by atoms with van der Waals surface area (Å²) >= 11 is 0. The summed E-state index contributed by atoms with van der Waals surface area (Å²) < 4.78 is 7.77. The van der Waals surface area contributed by atoms with E-state index in [0.29, 0.717) is 0 Å². The number of aryl methyl sites for hydroxylation is 1. The minimum absolute atomic E-state index is 0.764.